The number of esters is 2. The lowest BCUT2D eigenvalue weighted by Crippen LogP contribution is -2.65. The van der Waals surface area contributed by atoms with Crippen molar-refractivity contribution in [2.75, 3.05) is 35.0 Å². The number of aliphatic imine (C=N–C) groups is 1. The minimum atomic E-state index is -3.06. The maximum Gasteiger partial charge on any atom is 0.343 e. The third kappa shape index (κ3) is 5.32. The molecule has 3 aliphatic carbocycles. The van der Waals surface area contributed by atoms with Crippen LogP contribution in [0.3, 0.4) is 0 Å². The number of aliphatic hydroxyl groups excluding tert-OH is 2. The number of nitrogens with zero attached hydrogens (tertiary/aromatic N) is 1. The molecule has 0 saturated carbocycles. The molecule has 1 aliphatic heterocycles. The fraction of sp³-hybridized carbons (Fsp3) is 0.486. The number of carbonyl (C=O) groups excluding carboxylic acids is 6. The molecule has 0 bridgehead atoms. The molecule has 17 nitrogen and oxygen atoms in total. The van der Waals surface area contributed by atoms with Gasteiger partial charge >= 0.3 is 11.9 Å². The molecule has 4 aliphatic rings. The van der Waals surface area contributed by atoms with Gasteiger partial charge < -0.3 is 48.8 Å². The van der Waals surface area contributed by atoms with E-state index in [0.717, 1.165) is 27.2 Å². The predicted molar refractivity (Wildman–Crippen MR) is 181 cm³/mol. The van der Waals surface area contributed by atoms with Crippen molar-refractivity contribution in [2.24, 2.45) is 10.4 Å². The van der Waals surface area contributed by atoms with Crippen molar-refractivity contribution in [3.8, 4) is 11.5 Å². The highest BCUT2D eigenvalue weighted by Crippen LogP contribution is 2.59. The monoisotopic (exact) mass is 753 g/mol. The molecule has 17 heteroatoms. The second-order valence-corrected chi connectivity index (χ2v) is 13.8. The number of hydrogen-bond acceptors (Lipinski definition) is 17. The third-order valence-corrected chi connectivity index (χ3v) is 11.0. The predicted octanol–water partition coefficient (Wildman–Crippen LogP) is 0.575. The number of methoxy groups -OCH3 is 4. The highest BCUT2D eigenvalue weighted by atomic mass is 16.6. The summed E-state index contributed by atoms with van der Waals surface area (Å²) >= 11 is 0. The number of aliphatic hydroxyl groups is 3. The van der Waals surface area contributed by atoms with Crippen LogP contribution in [0, 0.1) is 12.3 Å². The fourth-order valence-electron chi connectivity index (χ4n) is 8.11. The Balaban J connectivity index is 1.55. The zero-order valence-electron chi connectivity index (χ0n) is 30.4. The maximum atomic E-state index is 14.9. The van der Waals surface area contributed by atoms with Gasteiger partial charge in [-0.3, -0.25) is 24.2 Å². The minimum absolute atomic E-state index is 0.0762. The first-order valence-electron chi connectivity index (χ1n) is 16.8. The largest absolute Gasteiger partial charge is 0.506 e. The molecule has 2 aromatic rings. The van der Waals surface area contributed by atoms with Crippen LogP contribution in [0.2, 0.25) is 0 Å². The Labute approximate surface area is 307 Å². The average Bonchev–Trinajstić information content (AvgIpc) is 3.12. The van der Waals surface area contributed by atoms with Crippen molar-refractivity contribution >= 4 is 40.8 Å². The standard InChI is InChI=1S/C37H39NO16/c1-13-8-15-9-20(40)36(3)33(46)24-17(32(45)37(36,48)25(15)30(22(13)35(47)52-7)53-12-21(41)49-4)10-16-23(27(24)43)19(39)11-18(26(16)42)38-34-31(51-6)28(44)29(50-5)14(2)54-34/h8,10,14,20,28-29,31,34,40,43-44,48H,9,11-12H2,1-7H3. The van der Waals surface area contributed by atoms with Crippen molar-refractivity contribution in [1.29, 1.82) is 0 Å². The summed E-state index contributed by atoms with van der Waals surface area (Å²) < 4.78 is 31.9. The van der Waals surface area contributed by atoms with Gasteiger partial charge in [0.25, 0.3) is 0 Å². The molecule has 54 heavy (non-hydrogen) atoms. The zero-order chi connectivity index (χ0) is 39.8. The van der Waals surface area contributed by atoms with E-state index in [1.807, 2.05) is 0 Å². The van der Waals surface area contributed by atoms with Crippen LogP contribution in [0.4, 0.5) is 0 Å². The number of carbonyl (C=O) groups is 6. The highest BCUT2D eigenvalue weighted by Gasteiger charge is 2.69. The van der Waals surface area contributed by atoms with Crippen LogP contribution in [-0.4, -0.2) is 133 Å². The van der Waals surface area contributed by atoms with E-state index < -0.39 is 135 Å². The summed E-state index contributed by atoms with van der Waals surface area (Å²) in [6, 6.07) is 2.28. The molecule has 6 rings (SSSR count). The summed E-state index contributed by atoms with van der Waals surface area (Å²) in [6.45, 7) is 3.37. The number of phenols is 1. The number of phenolic OH excluding ortho intramolecular Hbond substituents is 1. The summed E-state index contributed by atoms with van der Waals surface area (Å²) in [5.41, 5.74) is -8.87. The van der Waals surface area contributed by atoms with Gasteiger partial charge in [0.1, 0.15) is 35.4 Å². The Morgan fingerprint density at radius 1 is 0.963 bits per heavy atom. The Hall–Kier alpha value is -4.91. The Kier molecular flexibility index (Phi) is 9.87. The van der Waals surface area contributed by atoms with Gasteiger partial charge in [0, 0.05) is 37.3 Å². The number of fused-ring (bicyclic) bond motifs is 5. The Bertz CT molecular complexity index is 2050. The topological polar surface area (TPSA) is 251 Å². The Morgan fingerprint density at radius 3 is 2.24 bits per heavy atom. The van der Waals surface area contributed by atoms with E-state index in [1.54, 1.807) is 6.92 Å². The molecule has 288 valence electrons. The minimum Gasteiger partial charge on any atom is -0.506 e. The number of Topliss-reactive ketones (excluding diaryl/α,β-unsaturated/α-hetero) is 4. The van der Waals surface area contributed by atoms with Crippen molar-refractivity contribution in [3.63, 3.8) is 0 Å². The molecule has 1 saturated heterocycles. The van der Waals surface area contributed by atoms with Crippen molar-refractivity contribution in [3.05, 3.63) is 56.6 Å². The van der Waals surface area contributed by atoms with Crippen LogP contribution in [0.15, 0.2) is 17.1 Å². The first-order chi connectivity index (χ1) is 25.4. The van der Waals surface area contributed by atoms with Crippen molar-refractivity contribution in [1.82, 2.24) is 0 Å². The smallest absolute Gasteiger partial charge is 0.343 e. The van der Waals surface area contributed by atoms with Crippen LogP contribution in [0.25, 0.3) is 0 Å². The third-order valence-electron chi connectivity index (χ3n) is 11.0. The molecule has 0 aromatic heterocycles. The highest BCUT2D eigenvalue weighted by molar-refractivity contribution is 6.53. The Morgan fingerprint density at radius 2 is 1.63 bits per heavy atom. The van der Waals surface area contributed by atoms with E-state index in [4.69, 9.17) is 23.7 Å². The van der Waals surface area contributed by atoms with Crippen molar-refractivity contribution < 1.29 is 77.6 Å². The van der Waals surface area contributed by atoms with Gasteiger partial charge in [-0.2, -0.15) is 0 Å². The number of benzene rings is 2. The number of rotatable bonds is 7. The second kappa shape index (κ2) is 13.7. The lowest BCUT2D eigenvalue weighted by Gasteiger charge is -2.52. The fourth-order valence-corrected chi connectivity index (χ4v) is 8.11. The van der Waals surface area contributed by atoms with E-state index in [-0.39, 0.29) is 28.8 Å². The van der Waals surface area contributed by atoms with Crippen LogP contribution in [-0.2, 0) is 40.5 Å². The van der Waals surface area contributed by atoms with E-state index in [1.165, 1.54) is 27.2 Å². The van der Waals surface area contributed by atoms with Gasteiger partial charge in [0.15, 0.2) is 30.0 Å². The number of aromatic hydroxyl groups is 1. The molecular weight excluding hydrogens is 714 g/mol. The van der Waals surface area contributed by atoms with E-state index in [2.05, 4.69) is 9.73 Å². The molecule has 0 amide bonds. The molecule has 1 heterocycles. The molecule has 4 N–H and O–H groups in total. The molecule has 0 radical (unpaired) electrons. The van der Waals surface area contributed by atoms with Crippen LogP contribution in [0.5, 0.6) is 11.5 Å². The molecule has 2 aromatic carbocycles. The molecule has 8 atom stereocenters. The first kappa shape index (κ1) is 38.8. The number of hydrogen-bond donors (Lipinski definition) is 4. The van der Waals surface area contributed by atoms with Gasteiger partial charge in [0.05, 0.1) is 55.1 Å². The summed E-state index contributed by atoms with van der Waals surface area (Å²) in [7, 11) is 4.79. The van der Waals surface area contributed by atoms with Gasteiger partial charge in [-0.25, -0.2) is 9.59 Å². The normalized spacial score (nSPS) is 31.0. The van der Waals surface area contributed by atoms with Crippen LogP contribution >= 0.6 is 0 Å². The first-order valence-corrected chi connectivity index (χ1v) is 16.8. The van der Waals surface area contributed by atoms with E-state index >= 15 is 0 Å². The average molecular weight is 754 g/mol. The molecule has 8 unspecified atom stereocenters. The lowest BCUT2D eigenvalue weighted by molar-refractivity contribution is -0.228. The number of ether oxygens (including phenoxy) is 6. The molecular formula is C37H39NO16. The van der Waals surface area contributed by atoms with Crippen LogP contribution in [0.1, 0.15) is 88.7 Å². The molecule has 0 spiro atoms. The summed E-state index contributed by atoms with van der Waals surface area (Å²) in [5, 5.41) is 46.7. The van der Waals surface area contributed by atoms with E-state index in [0.29, 0.717) is 0 Å². The van der Waals surface area contributed by atoms with E-state index in [9.17, 15) is 49.2 Å². The van der Waals surface area contributed by atoms with Gasteiger partial charge in [0.2, 0.25) is 11.6 Å². The number of ketones is 4. The van der Waals surface area contributed by atoms with Crippen molar-refractivity contribution in [2.45, 2.75) is 76.0 Å². The second-order valence-electron chi connectivity index (χ2n) is 13.8. The van der Waals surface area contributed by atoms with Gasteiger partial charge in [-0.15, -0.1) is 0 Å². The summed E-state index contributed by atoms with van der Waals surface area (Å²) in [6.07, 6.45) is -8.00. The maximum absolute atomic E-state index is 14.9. The SMILES string of the molecule is COC(=O)COc1c(C(=O)OC)c(C)cc2c1C1(O)C(=O)c3cc4c(c(O)c3C(=O)C1(C)C(O)C2)C(=O)CC(=NC1OC(C)C(OC)C(O)C1OC)C4=O. The van der Waals surface area contributed by atoms with Gasteiger partial charge in [-0.1, -0.05) is 6.07 Å². The number of aryl methyl sites for hydroxylation is 1. The molecule has 1 fully saturated rings. The van der Waals surface area contributed by atoms with Crippen LogP contribution < -0.4 is 4.74 Å². The zero-order valence-corrected chi connectivity index (χ0v) is 30.4. The van der Waals surface area contributed by atoms with Gasteiger partial charge in [-0.05, 0) is 38.0 Å². The summed E-state index contributed by atoms with van der Waals surface area (Å²) in [5.74, 6) is -7.66. The lowest BCUT2D eigenvalue weighted by atomic mass is 9.51. The quantitative estimate of drug-likeness (QED) is 0.282. The summed E-state index contributed by atoms with van der Waals surface area (Å²) in [4.78, 5) is 86.8.